The number of aromatic nitrogens is 3. The molecule has 0 fully saturated rings. The molecule has 1 heterocycles. The second-order valence-corrected chi connectivity index (χ2v) is 4.87. The number of anilines is 2. The zero-order valence-electron chi connectivity index (χ0n) is 11.1. The smallest absolute Gasteiger partial charge is 0.231 e. The van der Waals surface area contributed by atoms with Gasteiger partial charge in [-0.05, 0) is 24.4 Å². The summed E-state index contributed by atoms with van der Waals surface area (Å²) in [5.74, 6) is 1.78. The fraction of sp³-hybridized carbons (Fsp3) is 0.727. The Morgan fingerprint density at radius 1 is 1.12 bits per heavy atom. The monoisotopic (exact) mass is 257 g/mol. The summed E-state index contributed by atoms with van der Waals surface area (Å²) in [5, 5.41) is 0.237. The van der Waals surface area contributed by atoms with E-state index >= 15 is 0 Å². The van der Waals surface area contributed by atoms with Crippen LogP contribution in [-0.4, -0.2) is 42.1 Å². The minimum absolute atomic E-state index is 0.237. The summed E-state index contributed by atoms with van der Waals surface area (Å²) in [7, 11) is 3.77. The first kappa shape index (κ1) is 14.0. The highest BCUT2D eigenvalue weighted by atomic mass is 35.5. The largest absolute Gasteiger partial charge is 0.347 e. The Balaban J connectivity index is 3.02. The van der Waals surface area contributed by atoms with Crippen molar-refractivity contribution in [3.63, 3.8) is 0 Å². The molecule has 5 nitrogen and oxygen atoms in total. The molecule has 17 heavy (non-hydrogen) atoms. The molecule has 0 aliphatic heterocycles. The molecule has 1 rings (SSSR count). The molecule has 6 heteroatoms. The third-order valence-electron chi connectivity index (χ3n) is 2.23. The van der Waals surface area contributed by atoms with E-state index in [1.165, 1.54) is 0 Å². The van der Waals surface area contributed by atoms with E-state index in [4.69, 9.17) is 11.6 Å². The van der Waals surface area contributed by atoms with Crippen LogP contribution in [0.2, 0.25) is 5.28 Å². The molecule has 0 saturated carbocycles. The summed E-state index contributed by atoms with van der Waals surface area (Å²) >= 11 is 5.92. The van der Waals surface area contributed by atoms with Gasteiger partial charge in [0.05, 0.1) is 0 Å². The van der Waals surface area contributed by atoms with E-state index in [2.05, 4.69) is 40.6 Å². The molecular weight excluding hydrogens is 238 g/mol. The Morgan fingerprint density at radius 2 is 1.71 bits per heavy atom. The number of halogens is 1. The van der Waals surface area contributed by atoms with Gasteiger partial charge in [-0.15, -0.1) is 0 Å². The first-order chi connectivity index (χ1) is 7.93. The molecule has 0 bridgehead atoms. The maximum atomic E-state index is 5.92. The molecule has 1 aromatic heterocycles. The van der Waals surface area contributed by atoms with E-state index < -0.39 is 0 Å². The van der Waals surface area contributed by atoms with Gasteiger partial charge in [-0.1, -0.05) is 13.8 Å². The van der Waals surface area contributed by atoms with Crippen LogP contribution >= 0.6 is 11.6 Å². The second-order valence-electron chi connectivity index (χ2n) is 4.53. The fourth-order valence-corrected chi connectivity index (χ4v) is 1.62. The van der Waals surface area contributed by atoms with Gasteiger partial charge in [0, 0.05) is 27.2 Å². The van der Waals surface area contributed by atoms with Crippen LogP contribution in [0.25, 0.3) is 0 Å². The summed E-state index contributed by atoms with van der Waals surface area (Å²) in [6.07, 6.45) is 0. The molecule has 96 valence electrons. The molecule has 0 saturated heterocycles. The summed E-state index contributed by atoms with van der Waals surface area (Å²) in [6, 6.07) is 0. The first-order valence-corrected chi connectivity index (χ1v) is 6.15. The van der Waals surface area contributed by atoms with Gasteiger partial charge in [-0.3, -0.25) is 0 Å². The van der Waals surface area contributed by atoms with Crippen LogP contribution in [0.15, 0.2) is 0 Å². The maximum Gasteiger partial charge on any atom is 0.231 e. The fourth-order valence-electron chi connectivity index (χ4n) is 1.46. The van der Waals surface area contributed by atoms with E-state index in [0.29, 0.717) is 17.8 Å². The Labute approximate surface area is 108 Å². The minimum Gasteiger partial charge on any atom is -0.347 e. The number of nitrogens with zero attached hydrogens (tertiary/aromatic N) is 5. The number of hydrogen-bond donors (Lipinski definition) is 0. The minimum atomic E-state index is 0.237. The summed E-state index contributed by atoms with van der Waals surface area (Å²) in [4.78, 5) is 16.6. The number of rotatable bonds is 5. The Hall–Kier alpha value is -1.10. The van der Waals surface area contributed by atoms with E-state index in [0.717, 1.165) is 13.1 Å². The van der Waals surface area contributed by atoms with Gasteiger partial charge in [0.25, 0.3) is 0 Å². The van der Waals surface area contributed by atoms with Crippen molar-refractivity contribution in [2.75, 3.05) is 37.0 Å². The molecule has 1 aromatic rings. The van der Waals surface area contributed by atoms with Crippen LogP contribution in [0.3, 0.4) is 0 Å². The summed E-state index contributed by atoms with van der Waals surface area (Å²) in [6.45, 7) is 8.17. The molecule has 0 N–H and O–H groups in total. The van der Waals surface area contributed by atoms with Gasteiger partial charge >= 0.3 is 0 Å². The van der Waals surface area contributed by atoms with Crippen LogP contribution in [0.4, 0.5) is 11.9 Å². The molecule has 0 radical (unpaired) electrons. The average Bonchev–Trinajstić information content (AvgIpc) is 2.24. The Kier molecular flexibility index (Phi) is 4.93. The van der Waals surface area contributed by atoms with Crippen molar-refractivity contribution < 1.29 is 0 Å². The average molecular weight is 258 g/mol. The predicted molar refractivity (Wildman–Crippen MR) is 71.9 cm³/mol. The highest BCUT2D eigenvalue weighted by Crippen LogP contribution is 2.16. The molecule has 0 spiro atoms. The molecule has 0 unspecified atom stereocenters. The SMILES string of the molecule is CCN(CC(C)C)c1nc(Cl)nc(N(C)C)n1. The first-order valence-electron chi connectivity index (χ1n) is 5.77. The third kappa shape index (κ3) is 4.00. The van der Waals surface area contributed by atoms with Crippen molar-refractivity contribution in [2.45, 2.75) is 20.8 Å². The third-order valence-corrected chi connectivity index (χ3v) is 2.40. The molecule has 0 atom stereocenters. The van der Waals surface area contributed by atoms with Crippen LogP contribution in [0, 0.1) is 5.92 Å². The summed E-state index contributed by atoms with van der Waals surface area (Å²) < 4.78 is 0. The van der Waals surface area contributed by atoms with Gasteiger partial charge in [-0.2, -0.15) is 15.0 Å². The van der Waals surface area contributed by atoms with Gasteiger partial charge in [0.15, 0.2) is 0 Å². The van der Waals surface area contributed by atoms with E-state index in [-0.39, 0.29) is 5.28 Å². The van der Waals surface area contributed by atoms with Crippen LogP contribution in [0.5, 0.6) is 0 Å². The lowest BCUT2D eigenvalue weighted by Gasteiger charge is -2.23. The van der Waals surface area contributed by atoms with Crippen molar-refractivity contribution >= 4 is 23.5 Å². The summed E-state index contributed by atoms with van der Waals surface area (Å²) in [5.41, 5.74) is 0. The lowest BCUT2D eigenvalue weighted by atomic mass is 10.2. The van der Waals surface area contributed by atoms with Crippen LogP contribution < -0.4 is 9.80 Å². The quantitative estimate of drug-likeness (QED) is 0.808. The zero-order valence-corrected chi connectivity index (χ0v) is 11.9. The lowest BCUT2D eigenvalue weighted by Crippen LogP contribution is -2.30. The van der Waals surface area contributed by atoms with E-state index in [1.54, 1.807) is 0 Å². The molecule has 0 aliphatic carbocycles. The van der Waals surface area contributed by atoms with Crippen LogP contribution in [-0.2, 0) is 0 Å². The second kappa shape index (κ2) is 6.00. The lowest BCUT2D eigenvalue weighted by molar-refractivity contribution is 0.608. The van der Waals surface area contributed by atoms with Gasteiger partial charge in [0.1, 0.15) is 0 Å². The Bertz CT molecular complexity index is 367. The maximum absolute atomic E-state index is 5.92. The molecular formula is C11H20ClN5. The normalized spacial score (nSPS) is 10.8. The van der Waals surface area contributed by atoms with Crippen molar-refractivity contribution in [1.82, 2.24) is 15.0 Å². The van der Waals surface area contributed by atoms with Crippen molar-refractivity contribution in [3.8, 4) is 0 Å². The highest BCUT2D eigenvalue weighted by Gasteiger charge is 2.13. The van der Waals surface area contributed by atoms with Crippen molar-refractivity contribution in [1.29, 1.82) is 0 Å². The zero-order chi connectivity index (χ0) is 13.0. The van der Waals surface area contributed by atoms with Gasteiger partial charge < -0.3 is 9.80 Å². The Morgan fingerprint density at radius 3 is 2.18 bits per heavy atom. The van der Waals surface area contributed by atoms with Crippen LogP contribution in [0.1, 0.15) is 20.8 Å². The predicted octanol–water partition coefficient (Wildman–Crippen LogP) is 2.07. The topological polar surface area (TPSA) is 45.2 Å². The standard InChI is InChI=1S/C11H20ClN5/c1-6-17(7-8(2)3)11-14-9(12)13-10(15-11)16(4)5/h8H,6-7H2,1-5H3. The van der Waals surface area contributed by atoms with Gasteiger partial charge in [0.2, 0.25) is 17.2 Å². The molecule has 0 aromatic carbocycles. The van der Waals surface area contributed by atoms with Crippen molar-refractivity contribution in [3.05, 3.63) is 5.28 Å². The molecule has 0 amide bonds. The van der Waals surface area contributed by atoms with Crippen molar-refractivity contribution in [2.24, 2.45) is 5.92 Å². The van der Waals surface area contributed by atoms with E-state index in [9.17, 15) is 0 Å². The van der Waals surface area contributed by atoms with Gasteiger partial charge in [-0.25, -0.2) is 0 Å². The molecule has 0 aliphatic rings. The number of hydrogen-bond acceptors (Lipinski definition) is 5. The highest BCUT2D eigenvalue weighted by molar-refractivity contribution is 6.28. The van der Waals surface area contributed by atoms with E-state index in [1.807, 2.05) is 19.0 Å².